The molecule has 0 aliphatic heterocycles. The van der Waals surface area contributed by atoms with Gasteiger partial charge in [0.1, 0.15) is 5.69 Å². The summed E-state index contributed by atoms with van der Waals surface area (Å²) in [4.78, 5) is 21.5. The smallest absolute Gasteiger partial charge is 0.306 e. The third kappa shape index (κ3) is 3.47. The fourth-order valence-corrected chi connectivity index (χ4v) is 2.83. The zero-order valence-electron chi connectivity index (χ0n) is 10.7. The SMILES string of the molecule is O=C(O)C1CCC(Nc2ccc(Br)cc2[N+](=O)[O-])CC1. The van der Waals surface area contributed by atoms with E-state index in [1.807, 2.05) is 0 Å². The molecule has 2 N–H and O–H groups in total. The van der Waals surface area contributed by atoms with Crippen LogP contribution in [0.15, 0.2) is 22.7 Å². The number of aliphatic carboxylic acids is 1. The molecule has 0 atom stereocenters. The van der Waals surface area contributed by atoms with Crippen molar-refractivity contribution in [3.8, 4) is 0 Å². The van der Waals surface area contributed by atoms with Gasteiger partial charge < -0.3 is 10.4 Å². The van der Waals surface area contributed by atoms with Gasteiger partial charge >= 0.3 is 5.97 Å². The van der Waals surface area contributed by atoms with Crippen LogP contribution < -0.4 is 5.32 Å². The monoisotopic (exact) mass is 342 g/mol. The predicted molar refractivity (Wildman–Crippen MR) is 77.8 cm³/mol. The third-order valence-corrected chi connectivity index (χ3v) is 4.09. The van der Waals surface area contributed by atoms with Crippen molar-refractivity contribution in [2.75, 3.05) is 5.32 Å². The lowest BCUT2D eigenvalue weighted by molar-refractivity contribution is -0.384. The van der Waals surface area contributed by atoms with Gasteiger partial charge in [-0.05, 0) is 37.8 Å². The maximum absolute atomic E-state index is 11.0. The third-order valence-electron chi connectivity index (χ3n) is 3.59. The fourth-order valence-electron chi connectivity index (χ4n) is 2.48. The van der Waals surface area contributed by atoms with Crippen molar-refractivity contribution in [2.24, 2.45) is 5.92 Å². The molecule has 6 nitrogen and oxygen atoms in total. The Balaban J connectivity index is 2.04. The molecule has 0 aromatic heterocycles. The quantitative estimate of drug-likeness (QED) is 0.646. The van der Waals surface area contributed by atoms with E-state index in [0.29, 0.717) is 35.8 Å². The summed E-state index contributed by atoms with van der Waals surface area (Å²) in [7, 11) is 0. The Morgan fingerprint density at radius 1 is 1.35 bits per heavy atom. The van der Waals surface area contributed by atoms with Crippen LogP contribution in [0, 0.1) is 16.0 Å². The molecule has 1 aromatic rings. The predicted octanol–water partition coefficient (Wildman–Crippen LogP) is 3.41. The highest BCUT2D eigenvalue weighted by atomic mass is 79.9. The average molecular weight is 343 g/mol. The molecule has 0 spiro atoms. The summed E-state index contributed by atoms with van der Waals surface area (Å²) in [6, 6.07) is 4.97. The van der Waals surface area contributed by atoms with Crippen LogP contribution in [0.3, 0.4) is 0 Å². The van der Waals surface area contributed by atoms with Crippen LogP contribution in [-0.4, -0.2) is 22.0 Å². The number of benzene rings is 1. The van der Waals surface area contributed by atoms with Crippen molar-refractivity contribution in [3.63, 3.8) is 0 Å². The fraction of sp³-hybridized carbons (Fsp3) is 0.462. The molecule has 0 bridgehead atoms. The number of halogens is 1. The number of nitro benzene ring substituents is 1. The van der Waals surface area contributed by atoms with E-state index in [2.05, 4.69) is 21.2 Å². The molecular weight excluding hydrogens is 328 g/mol. The van der Waals surface area contributed by atoms with Crippen molar-refractivity contribution in [1.29, 1.82) is 0 Å². The molecule has 0 unspecified atom stereocenters. The minimum Gasteiger partial charge on any atom is -0.481 e. The number of nitrogens with one attached hydrogen (secondary N) is 1. The van der Waals surface area contributed by atoms with E-state index in [1.54, 1.807) is 12.1 Å². The highest BCUT2D eigenvalue weighted by Gasteiger charge is 2.27. The van der Waals surface area contributed by atoms with E-state index < -0.39 is 10.9 Å². The molecule has 7 heteroatoms. The topological polar surface area (TPSA) is 92.5 Å². The van der Waals surface area contributed by atoms with Crippen LogP contribution in [0.2, 0.25) is 0 Å². The molecule has 1 saturated carbocycles. The molecule has 0 saturated heterocycles. The van der Waals surface area contributed by atoms with E-state index in [9.17, 15) is 14.9 Å². The molecule has 1 aliphatic carbocycles. The summed E-state index contributed by atoms with van der Waals surface area (Å²) in [5.74, 6) is -1.04. The van der Waals surface area contributed by atoms with Gasteiger partial charge in [-0.15, -0.1) is 0 Å². The summed E-state index contributed by atoms with van der Waals surface area (Å²) in [5.41, 5.74) is 0.511. The molecule has 2 rings (SSSR count). The highest BCUT2D eigenvalue weighted by Crippen LogP contribution is 2.32. The molecule has 20 heavy (non-hydrogen) atoms. The first-order valence-electron chi connectivity index (χ1n) is 6.40. The van der Waals surface area contributed by atoms with Crippen LogP contribution in [-0.2, 0) is 4.79 Å². The van der Waals surface area contributed by atoms with Crippen molar-refractivity contribution in [1.82, 2.24) is 0 Å². The molecule has 1 aliphatic rings. The van der Waals surface area contributed by atoms with Gasteiger partial charge in [-0.3, -0.25) is 14.9 Å². The Labute approximate surface area is 124 Å². The van der Waals surface area contributed by atoms with Gasteiger partial charge in [-0.1, -0.05) is 15.9 Å². The first kappa shape index (κ1) is 14.8. The Morgan fingerprint density at radius 2 is 2.00 bits per heavy atom. The second-order valence-corrected chi connectivity index (χ2v) is 5.87. The number of hydrogen-bond donors (Lipinski definition) is 2. The van der Waals surface area contributed by atoms with Gasteiger partial charge in [0.05, 0.1) is 10.8 Å². The number of carboxylic acids is 1. The number of nitrogens with zero attached hydrogens (tertiary/aromatic N) is 1. The lowest BCUT2D eigenvalue weighted by atomic mass is 9.86. The van der Waals surface area contributed by atoms with Gasteiger partial charge in [0.15, 0.2) is 0 Å². The maximum atomic E-state index is 11.0. The van der Waals surface area contributed by atoms with Crippen molar-refractivity contribution >= 4 is 33.3 Å². The first-order valence-corrected chi connectivity index (χ1v) is 7.20. The number of carboxylic acid groups (broad SMARTS) is 1. The van der Waals surface area contributed by atoms with Crippen LogP contribution in [0.1, 0.15) is 25.7 Å². The second-order valence-electron chi connectivity index (χ2n) is 4.95. The first-order chi connectivity index (χ1) is 9.47. The molecule has 1 aromatic carbocycles. The zero-order valence-corrected chi connectivity index (χ0v) is 12.3. The molecule has 108 valence electrons. The van der Waals surface area contributed by atoms with Gasteiger partial charge in [-0.2, -0.15) is 0 Å². The lowest BCUT2D eigenvalue weighted by Crippen LogP contribution is -2.29. The number of nitro groups is 1. The molecular formula is C13H15BrN2O4. The van der Waals surface area contributed by atoms with Crippen LogP contribution in [0.4, 0.5) is 11.4 Å². The summed E-state index contributed by atoms with van der Waals surface area (Å²) in [5, 5.41) is 23.1. The minimum absolute atomic E-state index is 0.0275. The van der Waals surface area contributed by atoms with Gasteiger partial charge in [0, 0.05) is 16.6 Å². The Hall–Kier alpha value is -1.63. The molecule has 0 radical (unpaired) electrons. The number of hydrogen-bond acceptors (Lipinski definition) is 4. The Bertz CT molecular complexity index is 527. The highest BCUT2D eigenvalue weighted by molar-refractivity contribution is 9.10. The number of rotatable bonds is 4. The average Bonchev–Trinajstić information content (AvgIpc) is 2.41. The largest absolute Gasteiger partial charge is 0.481 e. The van der Waals surface area contributed by atoms with Crippen LogP contribution in [0.25, 0.3) is 0 Å². The summed E-state index contributed by atoms with van der Waals surface area (Å²) in [6.07, 6.45) is 2.64. The number of anilines is 1. The number of carbonyl (C=O) groups is 1. The lowest BCUT2D eigenvalue weighted by Gasteiger charge is -2.27. The standard InChI is InChI=1S/C13H15BrN2O4/c14-9-3-6-11(12(7-9)16(19)20)15-10-4-1-8(2-5-10)13(17)18/h3,6-8,10,15H,1-2,4-5H2,(H,17,18). The summed E-state index contributed by atoms with van der Waals surface area (Å²) >= 11 is 3.22. The van der Waals surface area contributed by atoms with E-state index >= 15 is 0 Å². The van der Waals surface area contributed by atoms with Crippen LogP contribution >= 0.6 is 15.9 Å². The molecule has 1 fully saturated rings. The Kier molecular flexibility index (Phi) is 4.59. The maximum Gasteiger partial charge on any atom is 0.306 e. The van der Waals surface area contributed by atoms with Gasteiger partial charge in [0.25, 0.3) is 5.69 Å². The van der Waals surface area contributed by atoms with Gasteiger partial charge in [0.2, 0.25) is 0 Å². The second kappa shape index (κ2) is 6.21. The van der Waals surface area contributed by atoms with Crippen LogP contribution in [0.5, 0.6) is 0 Å². The summed E-state index contributed by atoms with van der Waals surface area (Å²) < 4.78 is 0.657. The van der Waals surface area contributed by atoms with Crippen molar-refractivity contribution in [2.45, 2.75) is 31.7 Å². The van der Waals surface area contributed by atoms with Crippen molar-refractivity contribution in [3.05, 3.63) is 32.8 Å². The zero-order chi connectivity index (χ0) is 14.7. The minimum atomic E-state index is -0.752. The Morgan fingerprint density at radius 3 is 2.55 bits per heavy atom. The van der Waals surface area contributed by atoms with E-state index in [-0.39, 0.29) is 17.6 Å². The van der Waals surface area contributed by atoms with E-state index in [1.165, 1.54) is 6.07 Å². The van der Waals surface area contributed by atoms with E-state index in [0.717, 1.165) is 0 Å². The molecule has 0 heterocycles. The van der Waals surface area contributed by atoms with E-state index in [4.69, 9.17) is 5.11 Å². The normalized spacial score (nSPS) is 22.2. The van der Waals surface area contributed by atoms with Gasteiger partial charge in [-0.25, -0.2) is 0 Å². The molecule has 0 amide bonds. The van der Waals surface area contributed by atoms with Crippen molar-refractivity contribution < 1.29 is 14.8 Å². The summed E-state index contributed by atoms with van der Waals surface area (Å²) in [6.45, 7) is 0.